The molecule has 0 aliphatic rings. The van der Waals surface area contributed by atoms with Gasteiger partial charge < -0.3 is 20.3 Å². The second-order valence-electron chi connectivity index (χ2n) is 8.96. The Hall–Kier alpha value is -4.27. The van der Waals surface area contributed by atoms with Crippen LogP contribution in [0.1, 0.15) is 45.8 Å². The van der Waals surface area contributed by atoms with Crippen LogP contribution in [0, 0.1) is 0 Å². The van der Waals surface area contributed by atoms with Crippen LogP contribution >= 0.6 is 0 Å². The van der Waals surface area contributed by atoms with E-state index >= 15 is 0 Å². The topological polar surface area (TPSA) is 83.4 Å². The second-order valence-corrected chi connectivity index (χ2v) is 8.96. The number of carboxylic acid groups (broad SMARTS) is 1. The van der Waals surface area contributed by atoms with Crippen LogP contribution in [0.4, 0.5) is 24.5 Å². The van der Waals surface area contributed by atoms with Crippen molar-refractivity contribution >= 4 is 34.2 Å². The quantitative estimate of drug-likeness (QED) is 0.293. The van der Waals surface area contributed by atoms with Gasteiger partial charge in [-0.15, -0.1) is 0 Å². The van der Waals surface area contributed by atoms with E-state index in [0.29, 0.717) is 16.6 Å². The number of carboxylic acids is 1. The van der Waals surface area contributed by atoms with Crippen molar-refractivity contribution in [1.29, 1.82) is 0 Å². The van der Waals surface area contributed by atoms with E-state index in [1.54, 1.807) is 49.7 Å². The predicted molar refractivity (Wildman–Crippen MR) is 132 cm³/mol. The molecule has 0 unspecified atom stereocenters. The minimum Gasteiger partial charge on any atom is -0.478 e. The Bertz CT molecular complexity index is 1450. The van der Waals surface area contributed by atoms with Crippen LogP contribution in [-0.2, 0) is 18.8 Å². The summed E-state index contributed by atoms with van der Waals surface area (Å²) in [4.78, 5) is 24.8. The number of carbonyl (C=O) groups excluding carboxylic acids is 1. The number of anilines is 2. The third-order valence-corrected chi connectivity index (χ3v) is 6.06. The third-order valence-electron chi connectivity index (χ3n) is 6.06. The van der Waals surface area contributed by atoms with Gasteiger partial charge in [-0.3, -0.25) is 4.79 Å². The van der Waals surface area contributed by atoms with Gasteiger partial charge in [0.2, 0.25) is 0 Å². The van der Waals surface area contributed by atoms with Gasteiger partial charge in [-0.2, -0.15) is 13.2 Å². The summed E-state index contributed by atoms with van der Waals surface area (Å²) < 4.78 is 41.5. The van der Waals surface area contributed by atoms with Gasteiger partial charge in [0.05, 0.1) is 27.9 Å². The number of hydrogen-bond donors (Lipinski definition) is 3. The van der Waals surface area contributed by atoms with Crippen LogP contribution in [0.25, 0.3) is 10.9 Å². The number of nitrogens with zero attached hydrogens (tertiary/aromatic N) is 1. The normalized spacial score (nSPS) is 11.9. The molecule has 186 valence electrons. The monoisotopic (exact) mass is 495 g/mol. The van der Waals surface area contributed by atoms with Crippen LogP contribution in [0.5, 0.6) is 0 Å². The zero-order chi connectivity index (χ0) is 26.3. The molecule has 0 saturated heterocycles. The standard InChI is InChI=1S/C27H24F3N3O3/c1-26(2,17-13-11-16(12-14-17)25(35)36)32-24(34)23-22(20-9-4-5-10-21(20)33(23)3)31-19-8-6-7-18(15-19)27(28,29)30/h4-15,31H,1-3H3,(H,32,34)(H,35,36). The lowest BCUT2D eigenvalue weighted by Crippen LogP contribution is -2.41. The van der Waals surface area contributed by atoms with Crippen molar-refractivity contribution in [2.45, 2.75) is 25.6 Å². The molecule has 4 rings (SSSR count). The molecule has 4 aromatic rings. The zero-order valence-corrected chi connectivity index (χ0v) is 19.8. The van der Waals surface area contributed by atoms with E-state index in [4.69, 9.17) is 5.11 Å². The Balaban J connectivity index is 1.73. The maximum absolute atomic E-state index is 13.6. The molecule has 9 heteroatoms. The highest BCUT2D eigenvalue weighted by Crippen LogP contribution is 2.36. The number of fused-ring (bicyclic) bond motifs is 1. The fraction of sp³-hybridized carbons (Fsp3) is 0.185. The van der Waals surface area contributed by atoms with Crippen molar-refractivity contribution in [3.8, 4) is 0 Å². The summed E-state index contributed by atoms with van der Waals surface area (Å²) >= 11 is 0. The largest absolute Gasteiger partial charge is 0.478 e. The molecule has 1 heterocycles. The molecule has 1 amide bonds. The van der Waals surface area contributed by atoms with Gasteiger partial charge in [-0.05, 0) is 55.8 Å². The number of benzene rings is 3. The van der Waals surface area contributed by atoms with Crippen molar-refractivity contribution in [3.63, 3.8) is 0 Å². The van der Waals surface area contributed by atoms with Crippen molar-refractivity contribution < 1.29 is 27.9 Å². The number of aryl methyl sites for hydroxylation is 1. The first kappa shape index (κ1) is 24.8. The summed E-state index contributed by atoms with van der Waals surface area (Å²) in [7, 11) is 1.71. The predicted octanol–water partition coefficient (Wildman–Crippen LogP) is 6.30. The highest BCUT2D eigenvalue weighted by molar-refractivity contribution is 6.10. The molecule has 0 spiro atoms. The summed E-state index contributed by atoms with van der Waals surface area (Å²) in [6.45, 7) is 3.56. The van der Waals surface area contributed by atoms with E-state index in [0.717, 1.165) is 17.6 Å². The molecule has 3 N–H and O–H groups in total. The Labute approximate surface area is 205 Å². The SMILES string of the molecule is Cn1c(C(=O)NC(C)(C)c2ccc(C(=O)O)cc2)c(Nc2cccc(C(F)(F)F)c2)c2ccccc21. The van der Waals surface area contributed by atoms with Crippen molar-refractivity contribution in [3.05, 3.63) is 95.2 Å². The molecule has 0 radical (unpaired) electrons. The molecule has 0 saturated carbocycles. The minimum absolute atomic E-state index is 0.127. The summed E-state index contributed by atoms with van der Waals surface area (Å²) in [6, 6.07) is 18.2. The van der Waals surface area contributed by atoms with Crippen molar-refractivity contribution in [1.82, 2.24) is 9.88 Å². The lowest BCUT2D eigenvalue weighted by Gasteiger charge is -2.27. The van der Waals surface area contributed by atoms with Crippen LogP contribution < -0.4 is 10.6 Å². The summed E-state index contributed by atoms with van der Waals surface area (Å²) in [5.41, 5.74) is 0.669. The Morgan fingerprint density at radius 1 is 0.889 bits per heavy atom. The molecule has 0 aliphatic heterocycles. The van der Waals surface area contributed by atoms with Gasteiger partial charge in [-0.25, -0.2) is 4.79 Å². The highest BCUT2D eigenvalue weighted by Gasteiger charge is 2.31. The smallest absolute Gasteiger partial charge is 0.416 e. The molecule has 1 aromatic heterocycles. The van der Waals surface area contributed by atoms with Crippen LogP contribution in [0.2, 0.25) is 0 Å². The number of amides is 1. The second kappa shape index (κ2) is 9.07. The first-order chi connectivity index (χ1) is 16.9. The fourth-order valence-electron chi connectivity index (χ4n) is 4.15. The molecular weight excluding hydrogens is 471 g/mol. The Morgan fingerprint density at radius 2 is 1.56 bits per heavy atom. The molecule has 0 aliphatic carbocycles. The van der Waals surface area contributed by atoms with Crippen molar-refractivity contribution in [2.75, 3.05) is 5.32 Å². The first-order valence-electron chi connectivity index (χ1n) is 11.1. The van der Waals surface area contributed by atoms with Gasteiger partial charge in [0, 0.05) is 18.1 Å². The van der Waals surface area contributed by atoms with Gasteiger partial charge >= 0.3 is 12.1 Å². The van der Waals surface area contributed by atoms with Gasteiger partial charge in [-0.1, -0.05) is 36.4 Å². The molecule has 0 fully saturated rings. The van der Waals surface area contributed by atoms with E-state index < -0.39 is 29.2 Å². The van der Waals surface area contributed by atoms with E-state index in [-0.39, 0.29) is 16.9 Å². The van der Waals surface area contributed by atoms with Crippen LogP contribution in [0.15, 0.2) is 72.8 Å². The Kier molecular flexibility index (Phi) is 6.26. The number of halogens is 3. The lowest BCUT2D eigenvalue weighted by molar-refractivity contribution is -0.137. The number of alkyl halides is 3. The van der Waals surface area contributed by atoms with E-state index in [9.17, 15) is 22.8 Å². The average molecular weight is 496 g/mol. The Morgan fingerprint density at radius 3 is 2.19 bits per heavy atom. The van der Waals surface area contributed by atoms with Crippen molar-refractivity contribution in [2.24, 2.45) is 7.05 Å². The number of carbonyl (C=O) groups is 2. The summed E-state index contributed by atoms with van der Waals surface area (Å²) in [6.07, 6.45) is -4.50. The maximum atomic E-state index is 13.6. The molecule has 0 bridgehead atoms. The number of rotatable bonds is 6. The zero-order valence-electron chi connectivity index (χ0n) is 19.8. The highest BCUT2D eigenvalue weighted by atomic mass is 19.4. The number of hydrogen-bond acceptors (Lipinski definition) is 3. The van der Waals surface area contributed by atoms with E-state index in [2.05, 4.69) is 10.6 Å². The number of para-hydroxylation sites is 1. The average Bonchev–Trinajstić information content (AvgIpc) is 3.10. The van der Waals surface area contributed by atoms with E-state index in [1.165, 1.54) is 24.3 Å². The minimum atomic E-state index is -4.50. The molecule has 3 aromatic carbocycles. The van der Waals surface area contributed by atoms with Gasteiger partial charge in [0.1, 0.15) is 5.69 Å². The number of aromatic nitrogens is 1. The molecule has 6 nitrogen and oxygen atoms in total. The van der Waals surface area contributed by atoms with Gasteiger partial charge in [0.15, 0.2) is 0 Å². The molecule has 36 heavy (non-hydrogen) atoms. The molecule has 0 atom stereocenters. The third kappa shape index (κ3) is 4.77. The first-order valence-corrected chi connectivity index (χ1v) is 11.1. The lowest BCUT2D eigenvalue weighted by atomic mass is 9.93. The fourth-order valence-corrected chi connectivity index (χ4v) is 4.15. The number of aromatic carboxylic acids is 1. The van der Waals surface area contributed by atoms with Gasteiger partial charge in [0.25, 0.3) is 5.91 Å². The van der Waals surface area contributed by atoms with Crippen LogP contribution in [0.3, 0.4) is 0 Å². The summed E-state index contributed by atoms with van der Waals surface area (Å²) in [5, 5.41) is 15.8. The maximum Gasteiger partial charge on any atom is 0.416 e. The van der Waals surface area contributed by atoms with E-state index in [1.807, 2.05) is 12.1 Å². The van der Waals surface area contributed by atoms with Crippen LogP contribution in [-0.4, -0.2) is 21.6 Å². The molecular formula is C27H24F3N3O3. The number of nitrogens with one attached hydrogen (secondary N) is 2. The summed E-state index contributed by atoms with van der Waals surface area (Å²) in [5.74, 6) is -1.50.